The molecule has 0 amide bonds. The van der Waals surface area contributed by atoms with Gasteiger partial charge >= 0.3 is 0 Å². The van der Waals surface area contributed by atoms with Crippen molar-refractivity contribution >= 4 is 33.2 Å². The molecule has 0 saturated heterocycles. The number of halogens is 2. The Morgan fingerprint density at radius 2 is 1.89 bits per heavy atom. The molecule has 0 aliphatic rings. The van der Waals surface area contributed by atoms with E-state index in [-0.39, 0.29) is 22.5 Å². The lowest BCUT2D eigenvalue weighted by atomic mass is 10.2. The van der Waals surface area contributed by atoms with Crippen LogP contribution in [0.4, 0.5) is 0 Å². The van der Waals surface area contributed by atoms with Crippen LogP contribution in [0.3, 0.4) is 0 Å². The first kappa shape index (κ1) is 15.7. The van der Waals surface area contributed by atoms with Crippen LogP contribution in [0.25, 0.3) is 0 Å². The molecular formula is C11H16Cl2N2O2S. The molecule has 0 bridgehead atoms. The van der Waals surface area contributed by atoms with Gasteiger partial charge in [0.2, 0.25) is 10.0 Å². The SMILES string of the molecule is CC(C)N(C)S(=O)(=O)c1cc(Cl)cc(CN)c1Cl. The van der Waals surface area contributed by atoms with Crippen LogP contribution < -0.4 is 5.73 Å². The summed E-state index contributed by atoms with van der Waals surface area (Å²) in [5.74, 6) is 0. The zero-order valence-electron chi connectivity index (χ0n) is 10.4. The molecule has 0 spiro atoms. The van der Waals surface area contributed by atoms with Gasteiger partial charge in [0.15, 0.2) is 0 Å². The largest absolute Gasteiger partial charge is 0.326 e. The lowest BCUT2D eigenvalue weighted by molar-refractivity contribution is 0.410. The molecule has 1 aromatic carbocycles. The smallest absolute Gasteiger partial charge is 0.244 e. The molecule has 0 aliphatic heterocycles. The van der Waals surface area contributed by atoms with Gasteiger partial charge in [-0.15, -0.1) is 0 Å². The minimum absolute atomic E-state index is 0.00619. The molecule has 4 nitrogen and oxygen atoms in total. The number of sulfonamides is 1. The van der Waals surface area contributed by atoms with Crippen molar-refractivity contribution in [2.45, 2.75) is 31.3 Å². The second-order valence-corrected chi connectivity index (χ2v) is 6.98. The average molecular weight is 311 g/mol. The predicted octanol–water partition coefficient (Wildman–Crippen LogP) is 2.48. The molecule has 102 valence electrons. The van der Waals surface area contributed by atoms with Gasteiger partial charge in [-0.1, -0.05) is 23.2 Å². The van der Waals surface area contributed by atoms with E-state index in [2.05, 4.69) is 0 Å². The van der Waals surface area contributed by atoms with Crippen molar-refractivity contribution in [2.75, 3.05) is 7.05 Å². The van der Waals surface area contributed by atoms with E-state index >= 15 is 0 Å². The van der Waals surface area contributed by atoms with Gasteiger partial charge in [-0.25, -0.2) is 8.42 Å². The second-order valence-electron chi connectivity index (χ2n) is 4.20. The van der Waals surface area contributed by atoms with Gasteiger partial charge in [-0.05, 0) is 31.5 Å². The fraction of sp³-hybridized carbons (Fsp3) is 0.455. The van der Waals surface area contributed by atoms with Crippen molar-refractivity contribution in [2.24, 2.45) is 5.73 Å². The molecule has 0 atom stereocenters. The van der Waals surface area contributed by atoms with E-state index in [4.69, 9.17) is 28.9 Å². The summed E-state index contributed by atoms with van der Waals surface area (Å²) in [6, 6.07) is 2.74. The van der Waals surface area contributed by atoms with Crippen LogP contribution in [0, 0.1) is 0 Å². The van der Waals surface area contributed by atoms with Crippen molar-refractivity contribution in [3.63, 3.8) is 0 Å². The Morgan fingerprint density at radius 3 is 2.33 bits per heavy atom. The molecule has 18 heavy (non-hydrogen) atoms. The Kier molecular flexibility index (Phi) is 5.03. The van der Waals surface area contributed by atoms with Crippen LogP contribution in [-0.2, 0) is 16.6 Å². The molecule has 0 aromatic heterocycles. The lowest BCUT2D eigenvalue weighted by Crippen LogP contribution is -2.33. The van der Waals surface area contributed by atoms with Crippen LogP contribution in [-0.4, -0.2) is 25.8 Å². The fourth-order valence-electron chi connectivity index (χ4n) is 1.39. The van der Waals surface area contributed by atoms with Crippen LogP contribution in [0.5, 0.6) is 0 Å². The third-order valence-corrected chi connectivity index (χ3v) is 5.52. The molecule has 0 saturated carbocycles. The molecule has 0 heterocycles. The summed E-state index contributed by atoms with van der Waals surface area (Å²) < 4.78 is 26.0. The molecule has 0 radical (unpaired) electrons. The van der Waals surface area contributed by atoms with Gasteiger partial charge < -0.3 is 5.73 Å². The average Bonchev–Trinajstić information content (AvgIpc) is 2.30. The van der Waals surface area contributed by atoms with Gasteiger partial charge in [-0.2, -0.15) is 4.31 Å². The minimum atomic E-state index is -3.66. The second kappa shape index (κ2) is 5.75. The van der Waals surface area contributed by atoms with E-state index in [1.807, 2.05) is 0 Å². The highest BCUT2D eigenvalue weighted by atomic mass is 35.5. The zero-order chi connectivity index (χ0) is 14.1. The Balaban J connectivity index is 3.46. The van der Waals surface area contributed by atoms with Crippen LogP contribution in [0.15, 0.2) is 17.0 Å². The first-order chi connectivity index (χ1) is 8.21. The van der Waals surface area contributed by atoms with Crippen molar-refractivity contribution in [1.29, 1.82) is 0 Å². The fourth-order valence-corrected chi connectivity index (χ4v) is 3.67. The quantitative estimate of drug-likeness (QED) is 0.929. The maximum Gasteiger partial charge on any atom is 0.244 e. The topological polar surface area (TPSA) is 63.4 Å². The summed E-state index contributed by atoms with van der Waals surface area (Å²) in [4.78, 5) is -0.00619. The normalized spacial score (nSPS) is 12.4. The van der Waals surface area contributed by atoms with Gasteiger partial charge in [-0.3, -0.25) is 0 Å². The highest BCUT2D eigenvalue weighted by Crippen LogP contribution is 2.31. The van der Waals surface area contributed by atoms with Gasteiger partial charge in [0, 0.05) is 24.7 Å². The summed E-state index contributed by atoms with van der Waals surface area (Å²) in [6.07, 6.45) is 0. The first-order valence-electron chi connectivity index (χ1n) is 5.37. The Labute approximate surface area is 118 Å². The van der Waals surface area contributed by atoms with E-state index < -0.39 is 10.0 Å². The molecule has 1 aromatic rings. The number of nitrogens with zero attached hydrogens (tertiary/aromatic N) is 1. The third-order valence-electron chi connectivity index (χ3n) is 2.68. The van der Waals surface area contributed by atoms with Crippen molar-refractivity contribution < 1.29 is 8.42 Å². The number of hydrogen-bond donors (Lipinski definition) is 1. The van der Waals surface area contributed by atoms with E-state index in [0.29, 0.717) is 10.6 Å². The first-order valence-corrected chi connectivity index (χ1v) is 7.57. The predicted molar refractivity (Wildman–Crippen MR) is 74.4 cm³/mol. The summed E-state index contributed by atoms with van der Waals surface area (Å²) in [5.41, 5.74) is 6.03. The molecule has 0 fully saturated rings. The molecule has 0 unspecified atom stereocenters. The summed E-state index contributed by atoms with van der Waals surface area (Å²) in [7, 11) is -2.16. The minimum Gasteiger partial charge on any atom is -0.326 e. The van der Waals surface area contributed by atoms with E-state index in [0.717, 1.165) is 0 Å². The van der Waals surface area contributed by atoms with Crippen molar-refractivity contribution in [3.8, 4) is 0 Å². The molecule has 7 heteroatoms. The Hall–Kier alpha value is -0.330. The van der Waals surface area contributed by atoms with E-state index in [1.165, 1.54) is 17.4 Å². The monoisotopic (exact) mass is 310 g/mol. The van der Waals surface area contributed by atoms with Gasteiger partial charge in [0.25, 0.3) is 0 Å². The molecule has 2 N–H and O–H groups in total. The third kappa shape index (κ3) is 2.97. The Bertz CT molecular complexity index is 544. The zero-order valence-corrected chi connectivity index (χ0v) is 12.8. The molecule has 1 rings (SSSR count). The highest BCUT2D eigenvalue weighted by Gasteiger charge is 2.27. The van der Waals surface area contributed by atoms with Crippen LogP contribution >= 0.6 is 23.2 Å². The summed E-state index contributed by atoms with van der Waals surface area (Å²) in [6.45, 7) is 3.69. The van der Waals surface area contributed by atoms with E-state index in [1.54, 1.807) is 19.9 Å². The van der Waals surface area contributed by atoms with Crippen molar-refractivity contribution in [3.05, 3.63) is 27.7 Å². The standard InChI is InChI=1S/C11H16Cl2N2O2S/c1-7(2)15(3)18(16,17)10-5-9(12)4-8(6-14)11(10)13/h4-5,7H,6,14H2,1-3H3. The van der Waals surface area contributed by atoms with Gasteiger partial charge in [0.1, 0.15) is 4.90 Å². The summed E-state index contributed by atoms with van der Waals surface area (Å²) in [5, 5.41) is 0.435. The summed E-state index contributed by atoms with van der Waals surface area (Å²) >= 11 is 12.0. The molecular weight excluding hydrogens is 295 g/mol. The van der Waals surface area contributed by atoms with Crippen LogP contribution in [0.2, 0.25) is 10.0 Å². The number of rotatable bonds is 4. The number of hydrogen-bond acceptors (Lipinski definition) is 3. The van der Waals surface area contributed by atoms with Crippen LogP contribution in [0.1, 0.15) is 19.4 Å². The highest BCUT2D eigenvalue weighted by molar-refractivity contribution is 7.89. The lowest BCUT2D eigenvalue weighted by Gasteiger charge is -2.22. The maximum atomic E-state index is 12.4. The molecule has 0 aliphatic carbocycles. The number of benzene rings is 1. The van der Waals surface area contributed by atoms with E-state index in [9.17, 15) is 8.42 Å². The van der Waals surface area contributed by atoms with Gasteiger partial charge in [0.05, 0.1) is 5.02 Å². The maximum absolute atomic E-state index is 12.4. The Morgan fingerprint density at radius 1 is 1.33 bits per heavy atom. The van der Waals surface area contributed by atoms with Crippen molar-refractivity contribution in [1.82, 2.24) is 4.31 Å². The number of nitrogens with two attached hydrogens (primary N) is 1.